The topological polar surface area (TPSA) is 101 Å². The fourth-order valence-corrected chi connectivity index (χ4v) is 3.51. The fourth-order valence-electron chi connectivity index (χ4n) is 2.67. The summed E-state index contributed by atoms with van der Waals surface area (Å²) in [5, 5.41) is 13.1. The molecular weight excluding hydrogens is 318 g/mol. The van der Waals surface area contributed by atoms with Gasteiger partial charge < -0.3 is 0 Å². The third kappa shape index (κ3) is 3.81. The summed E-state index contributed by atoms with van der Waals surface area (Å²) in [6.07, 6.45) is 11.3. The Kier molecular flexibility index (Phi) is 5.26. The van der Waals surface area contributed by atoms with Crippen LogP contribution < -0.4 is 5.48 Å². The lowest BCUT2D eigenvalue weighted by molar-refractivity contribution is -0.131. The Labute approximate surface area is 136 Å². The molecule has 0 saturated carbocycles. The first-order valence-electron chi connectivity index (χ1n) is 7.64. The highest BCUT2D eigenvalue weighted by molar-refractivity contribution is 7.92. The highest BCUT2D eigenvalue weighted by Crippen LogP contribution is 2.27. The quantitative estimate of drug-likeness (QED) is 0.604. The molecule has 0 aromatic carbocycles. The van der Waals surface area contributed by atoms with Crippen molar-refractivity contribution >= 4 is 21.3 Å². The number of rotatable bonds is 6. The van der Waals surface area contributed by atoms with Gasteiger partial charge in [-0.2, -0.15) is 5.10 Å². The Bertz CT molecular complexity index is 708. The van der Waals surface area contributed by atoms with Crippen molar-refractivity contribution in [3.05, 3.63) is 24.0 Å². The van der Waals surface area contributed by atoms with Crippen molar-refractivity contribution in [1.29, 1.82) is 0 Å². The van der Waals surface area contributed by atoms with Gasteiger partial charge in [0.25, 0.3) is 5.91 Å². The number of aryl methyl sites for hydroxylation is 1. The van der Waals surface area contributed by atoms with Crippen molar-refractivity contribution in [3.8, 4) is 0 Å². The fraction of sp³-hybridized carbons (Fsp3) is 0.600. The molecule has 1 unspecified atom stereocenters. The molecule has 2 N–H and O–H groups in total. The molecular formula is C15H23N3O4S. The van der Waals surface area contributed by atoms with Crippen molar-refractivity contribution in [3.63, 3.8) is 0 Å². The maximum Gasteiger partial charge on any atom is 0.264 e. The molecule has 1 atom stereocenters. The second-order valence-corrected chi connectivity index (χ2v) is 8.61. The number of hydrogen-bond acceptors (Lipinski definition) is 5. The Hall–Kier alpha value is -1.67. The molecule has 0 fully saturated rings. The molecule has 1 amide bonds. The van der Waals surface area contributed by atoms with E-state index in [1.165, 1.54) is 30.8 Å². The zero-order chi connectivity index (χ0) is 17.1. The van der Waals surface area contributed by atoms with Crippen LogP contribution in [0.2, 0.25) is 0 Å². The minimum absolute atomic E-state index is 0.0262. The van der Waals surface area contributed by atoms with Gasteiger partial charge in [-0.25, -0.2) is 13.9 Å². The minimum Gasteiger partial charge on any atom is -0.289 e. The number of hydroxylamine groups is 1. The average molecular weight is 341 g/mol. The lowest BCUT2D eigenvalue weighted by Gasteiger charge is -2.24. The molecule has 1 aliphatic carbocycles. The summed E-state index contributed by atoms with van der Waals surface area (Å²) in [4.78, 5) is 11.8. The summed E-state index contributed by atoms with van der Waals surface area (Å²) in [7, 11) is -3.68. The van der Waals surface area contributed by atoms with Crippen molar-refractivity contribution in [1.82, 2.24) is 15.3 Å². The summed E-state index contributed by atoms with van der Waals surface area (Å²) < 4.78 is 23.8. The second-order valence-electron chi connectivity index (χ2n) is 6.16. The summed E-state index contributed by atoms with van der Waals surface area (Å²) in [5.74, 6) is -0.928. The Balaban J connectivity index is 2.12. The predicted octanol–water partition coefficient (Wildman–Crippen LogP) is 1.54. The van der Waals surface area contributed by atoms with Crippen LogP contribution in [0.15, 0.2) is 18.5 Å². The van der Waals surface area contributed by atoms with Crippen molar-refractivity contribution < 1.29 is 18.4 Å². The van der Waals surface area contributed by atoms with E-state index in [0.717, 1.165) is 24.7 Å². The zero-order valence-electron chi connectivity index (χ0n) is 13.4. The molecule has 1 heterocycles. The average Bonchev–Trinajstić information content (AvgIpc) is 3.00. The lowest BCUT2D eigenvalue weighted by atomic mass is 9.96. The standard InChI is InChI=1S/C15H23N3O4S/c1-15(14(19)17-20,23(2,21)22)8-9-18-11-13(10-16-18)12-6-4-3-5-7-12/h6,10-11,20H,3-5,7-9H2,1-2H3,(H,17,19). The van der Waals surface area contributed by atoms with E-state index in [-0.39, 0.29) is 13.0 Å². The first-order valence-corrected chi connectivity index (χ1v) is 9.53. The largest absolute Gasteiger partial charge is 0.289 e. The van der Waals surface area contributed by atoms with Gasteiger partial charge in [0.2, 0.25) is 0 Å². The molecule has 8 heteroatoms. The lowest BCUT2D eigenvalue weighted by Crippen LogP contribution is -2.49. The molecule has 2 rings (SSSR count). The summed E-state index contributed by atoms with van der Waals surface area (Å²) in [5.41, 5.74) is 3.75. The summed E-state index contributed by atoms with van der Waals surface area (Å²) >= 11 is 0. The van der Waals surface area contributed by atoms with Gasteiger partial charge in [0.05, 0.1) is 6.20 Å². The van der Waals surface area contributed by atoms with Crippen LogP contribution in [0, 0.1) is 0 Å². The normalized spacial score (nSPS) is 18.1. The number of nitrogens with one attached hydrogen (secondary N) is 1. The van der Waals surface area contributed by atoms with Gasteiger partial charge in [-0.3, -0.25) is 14.7 Å². The molecule has 128 valence electrons. The minimum atomic E-state index is -3.68. The molecule has 0 radical (unpaired) electrons. The summed E-state index contributed by atoms with van der Waals surface area (Å²) in [6, 6.07) is 0. The number of nitrogens with zero attached hydrogens (tertiary/aromatic N) is 2. The summed E-state index contributed by atoms with van der Waals surface area (Å²) in [6.45, 7) is 1.58. The van der Waals surface area contributed by atoms with Gasteiger partial charge in [-0.1, -0.05) is 6.08 Å². The maximum absolute atomic E-state index is 11.9. The van der Waals surface area contributed by atoms with Crippen molar-refractivity contribution in [2.75, 3.05) is 6.26 Å². The van der Waals surface area contributed by atoms with E-state index < -0.39 is 20.5 Å². The van der Waals surface area contributed by atoms with Crippen LogP contribution in [0.5, 0.6) is 0 Å². The van der Waals surface area contributed by atoms with Gasteiger partial charge in [-0.15, -0.1) is 0 Å². The zero-order valence-corrected chi connectivity index (χ0v) is 14.3. The van der Waals surface area contributed by atoms with Crippen LogP contribution in [-0.2, 0) is 21.2 Å². The SMILES string of the molecule is CC(CCn1cc(C2=CCCCC2)cn1)(C(=O)NO)S(C)(=O)=O. The highest BCUT2D eigenvalue weighted by Gasteiger charge is 2.43. The molecule has 23 heavy (non-hydrogen) atoms. The van der Waals surface area contributed by atoms with Gasteiger partial charge >= 0.3 is 0 Å². The molecule has 0 bridgehead atoms. The molecule has 1 aliphatic rings. The highest BCUT2D eigenvalue weighted by atomic mass is 32.2. The van der Waals surface area contributed by atoms with E-state index in [0.29, 0.717) is 0 Å². The Morgan fingerprint density at radius 3 is 2.78 bits per heavy atom. The van der Waals surface area contributed by atoms with Gasteiger partial charge in [0.1, 0.15) is 0 Å². The van der Waals surface area contributed by atoms with Gasteiger partial charge in [-0.05, 0) is 44.6 Å². The predicted molar refractivity (Wildman–Crippen MR) is 86.5 cm³/mol. The number of hydrogen-bond donors (Lipinski definition) is 2. The molecule has 0 spiro atoms. The van der Waals surface area contributed by atoms with Crippen molar-refractivity contribution in [2.24, 2.45) is 0 Å². The van der Waals surface area contributed by atoms with Gasteiger partial charge in [0.15, 0.2) is 14.6 Å². The van der Waals surface area contributed by atoms with Crippen molar-refractivity contribution in [2.45, 2.75) is 50.3 Å². The second kappa shape index (κ2) is 6.84. The van der Waals surface area contributed by atoms with Crippen LogP contribution >= 0.6 is 0 Å². The molecule has 7 nitrogen and oxygen atoms in total. The van der Waals surface area contributed by atoms with E-state index in [2.05, 4.69) is 11.2 Å². The van der Waals surface area contributed by atoms with E-state index in [4.69, 9.17) is 5.21 Å². The third-order valence-electron chi connectivity index (χ3n) is 4.51. The van der Waals surface area contributed by atoms with Crippen LogP contribution in [0.1, 0.15) is 44.6 Å². The number of carbonyl (C=O) groups excluding carboxylic acids is 1. The van der Waals surface area contributed by atoms with E-state index in [1.807, 2.05) is 6.20 Å². The molecule has 0 aliphatic heterocycles. The number of aromatic nitrogens is 2. The first-order chi connectivity index (χ1) is 10.8. The molecule has 1 aromatic heterocycles. The smallest absolute Gasteiger partial charge is 0.264 e. The third-order valence-corrected chi connectivity index (χ3v) is 6.54. The number of allylic oxidation sites excluding steroid dienone is 2. The maximum atomic E-state index is 11.9. The van der Waals surface area contributed by atoms with Crippen LogP contribution in [-0.4, -0.2) is 40.3 Å². The number of carbonyl (C=O) groups is 1. The Morgan fingerprint density at radius 2 is 2.22 bits per heavy atom. The van der Waals surface area contributed by atoms with Crippen LogP contribution in [0.4, 0.5) is 0 Å². The monoisotopic (exact) mass is 341 g/mol. The van der Waals surface area contributed by atoms with Crippen LogP contribution in [0.3, 0.4) is 0 Å². The van der Waals surface area contributed by atoms with Gasteiger partial charge in [0, 0.05) is 24.6 Å². The Morgan fingerprint density at radius 1 is 1.48 bits per heavy atom. The van der Waals surface area contributed by atoms with E-state index >= 15 is 0 Å². The van der Waals surface area contributed by atoms with E-state index in [9.17, 15) is 13.2 Å². The first kappa shape index (κ1) is 17.7. The molecule has 0 saturated heterocycles. The van der Waals surface area contributed by atoms with E-state index in [1.54, 1.807) is 10.9 Å². The number of sulfone groups is 1. The number of amides is 1. The van der Waals surface area contributed by atoms with Crippen LogP contribution in [0.25, 0.3) is 5.57 Å². The molecule has 1 aromatic rings.